The highest BCUT2D eigenvalue weighted by atomic mass is 19.4. The molecule has 4 rings (SSSR count). The smallest absolute Gasteiger partial charge is 0.449 e. The van der Waals surface area contributed by atoms with Gasteiger partial charge in [0, 0.05) is 11.8 Å². The van der Waals surface area contributed by atoms with E-state index in [0.29, 0.717) is 30.4 Å². The third kappa shape index (κ3) is 4.46. The van der Waals surface area contributed by atoms with E-state index in [4.69, 9.17) is 14.2 Å². The molecule has 32 heavy (non-hydrogen) atoms. The minimum atomic E-state index is -4.76. The second-order valence-electron chi connectivity index (χ2n) is 6.99. The second-order valence-corrected chi connectivity index (χ2v) is 6.99. The summed E-state index contributed by atoms with van der Waals surface area (Å²) >= 11 is 0. The van der Waals surface area contributed by atoms with Crippen molar-refractivity contribution in [3.8, 4) is 11.5 Å². The molecule has 1 aromatic heterocycles. The minimum absolute atomic E-state index is 0.0945. The van der Waals surface area contributed by atoms with Crippen LogP contribution in [0.1, 0.15) is 12.7 Å². The molecule has 2 heterocycles. The Bertz CT molecular complexity index is 1180. The molecule has 0 aliphatic carbocycles. The summed E-state index contributed by atoms with van der Waals surface area (Å²) in [6, 6.07) is 10.7. The first-order chi connectivity index (χ1) is 15.2. The molecule has 3 aromatic rings. The van der Waals surface area contributed by atoms with Gasteiger partial charge in [-0.25, -0.2) is 4.98 Å². The molecule has 1 atom stereocenters. The summed E-state index contributed by atoms with van der Waals surface area (Å²) < 4.78 is 56.7. The average Bonchev–Trinajstić information content (AvgIpc) is 3.12. The summed E-state index contributed by atoms with van der Waals surface area (Å²) in [5.74, 6) is -1.87. The summed E-state index contributed by atoms with van der Waals surface area (Å²) in [6.07, 6.45) is -6.01. The summed E-state index contributed by atoms with van der Waals surface area (Å²) in [5, 5.41) is 2.57. The van der Waals surface area contributed by atoms with Gasteiger partial charge < -0.3 is 24.1 Å². The highest BCUT2D eigenvalue weighted by molar-refractivity contribution is 5.95. The van der Waals surface area contributed by atoms with E-state index in [9.17, 15) is 22.8 Å². The monoisotopic (exact) mass is 449 g/mol. The van der Waals surface area contributed by atoms with Crippen molar-refractivity contribution < 1.29 is 37.0 Å². The van der Waals surface area contributed by atoms with Gasteiger partial charge in [-0.15, -0.1) is 0 Å². The largest absolute Gasteiger partial charge is 0.486 e. The van der Waals surface area contributed by atoms with Crippen LogP contribution in [0.3, 0.4) is 0 Å². The molecule has 0 bridgehead atoms. The Labute approximate surface area is 179 Å². The van der Waals surface area contributed by atoms with Crippen molar-refractivity contribution in [2.75, 3.05) is 18.5 Å². The summed E-state index contributed by atoms with van der Waals surface area (Å²) in [7, 11) is 0. The van der Waals surface area contributed by atoms with Gasteiger partial charge in [-0.1, -0.05) is 12.1 Å². The van der Waals surface area contributed by atoms with Crippen molar-refractivity contribution in [2.45, 2.75) is 25.7 Å². The molecule has 8 nitrogen and oxygen atoms in total. The third-order valence-corrected chi connectivity index (χ3v) is 4.68. The first kappa shape index (κ1) is 21.5. The Morgan fingerprint density at radius 1 is 1.16 bits per heavy atom. The van der Waals surface area contributed by atoms with Crippen LogP contribution in [-0.4, -0.2) is 40.7 Å². The fourth-order valence-electron chi connectivity index (χ4n) is 3.23. The van der Waals surface area contributed by atoms with Crippen molar-refractivity contribution in [1.82, 2.24) is 9.55 Å². The molecule has 0 spiro atoms. The van der Waals surface area contributed by atoms with E-state index in [2.05, 4.69) is 10.3 Å². The number of fused-ring (bicyclic) bond motifs is 2. The van der Waals surface area contributed by atoms with Crippen LogP contribution in [0.25, 0.3) is 11.0 Å². The Kier molecular flexibility index (Phi) is 5.64. The zero-order valence-electron chi connectivity index (χ0n) is 16.8. The van der Waals surface area contributed by atoms with Gasteiger partial charge in [-0.05, 0) is 31.2 Å². The molecule has 11 heteroatoms. The van der Waals surface area contributed by atoms with Gasteiger partial charge in [-0.3, -0.25) is 9.59 Å². The number of nitrogens with zero attached hydrogens (tertiary/aromatic N) is 2. The number of ether oxygens (including phenoxy) is 3. The summed E-state index contributed by atoms with van der Waals surface area (Å²) in [6.45, 7) is 1.37. The Morgan fingerprint density at radius 2 is 1.88 bits per heavy atom. The number of halogens is 3. The average molecular weight is 449 g/mol. The number of carbonyl (C=O) groups excluding carboxylic acids is 2. The summed E-state index contributed by atoms with van der Waals surface area (Å²) in [5.41, 5.74) is 0.615. The SMILES string of the molecule is C[C@@H](OC(=O)Cn1c(C(F)(F)F)nc2ccccc21)C(=O)Nc1ccc2c(c1)OCCO2. The first-order valence-corrected chi connectivity index (χ1v) is 9.65. The van der Waals surface area contributed by atoms with Crippen molar-refractivity contribution in [3.05, 3.63) is 48.3 Å². The lowest BCUT2D eigenvalue weighted by Crippen LogP contribution is -2.31. The van der Waals surface area contributed by atoms with Gasteiger partial charge in [0.2, 0.25) is 5.82 Å². The Balaban J connectivity index is 1.44. The predicted molar refractivity (Wildman–Crippen MR) is 106 cm³/mol. The van der Waals surface area contributed by atoms with Gasteiger partial charge in [-0.2, -0.15) is 13.2 Å². The maximum absolute atomic E-state index is 13.4. The first-order valence-electron chi connectivity index (χ1n) is 9.65. The highest BCUT2D eigenvalue weighted by Crippen LogP contribution is 2.33. The lowest BCUT2D eigenvalue weighted by Gasteiger charge is -2.19. The number of benzene rings is 2. The highest BCUT2D eigenvalue weighted by Gasteiger charge is 2.38. The molecule has 1 N–H and O–H groups in total. The quantitative estimate of drug-likeness (QED) is 0.601. The lowest BCUT2D eigenvalue weighted by atomic mass is 10.2. The van der Waals surface area contributed by atoms with Gasteiger partial charge in [0.1, 0.15) is 19.8 Å². The molecular formula is C21H18F3N3O5. The third-order valence-electron chi connectivity index (χ3n) is 4.68. The number of hydrogen-bond donors (Lipinski definition) is 1. The predicted octanol–water partition coefficient (Wildman–Crippen LogP) is 3.40. The van der Waals surface area contributed by atoms with Crippen LogP contribution in [0.15, 0.2) is 42.5 Å². The molecule has 168 valence electrons. The van der Waals surface area contributed by atoms with Crippen LogP contribution in [0.5, 0.6) is 11.5 Å². The van der Waals surface area contributed by atoms with Gasteiger partial charge in [0.15, 0.2) is 17.6 Å². The number of rotatable bonds is 5. The van der Waals surface area contributed by atoms with Gasteiger partial charge in [0.25, 0.3) is 5.91 Å². The Morgan fingerprint density at radius 3 is 2.62 bits per heavy atom. The minimum Gasteiger partial charge on any atom is -0.486 e. The molecular weight excluding hydrogens is 431 g/mol. The summed E-state index contributed by atoms with van der Waals surface area (Å²) in [4.78, 5) is 28.3. The number of alkyl halides is 3. The van der Waals surface area contributed by atoms with Crippen LogP contribution < -0.4 is 14.8 Å². The number of hydrogen-bond acceptors (Lipinski definition) is 6. The van der Waals surface area contributed by atoms with Gasteiger partial charge in [0.05, 0.1) is 11.0 Å². The molecule has 1 aliphatic rings. The number of para-hydroxylation sites is 2. The number of carbonyl (C=O) groups is 2. The van der Waals surface area contributed by atoms with Crippen LogP contribution in [0, 0.1) is 0 Å². The van der Waals surface area contributed by atoms with E-state index in [1.54, 1.807) is 24.3 Å². The van der Waals surface area contributed by atoms with E-state index in [1.165, 1.54) is 25.1 Å². The topological polar surface area (TPSA) is 91.7 Å². The maximum atomic E-state index is 13.4. The van der Waals surface area contributed by atoms with Crippen LogP contribution in [0.4, 0.5) is 18.9 Å². The Hall–Kier alpha value is -3.76. The van der Waals surface area contributed by atoms with Gasteiger partial charge >= 0.3 is 12.1 Å². The number of anilines is 1. The molecule has 0 fully saturated rings. The van der Waals surface area contributed by atoms with Crippen molar-refractivity contribution >= 4 is 28.6 Å². The maximum Gasteiger partial charge on any atom is 0.449 e. The molecule has 1 aliphatic heterocycles. The number of aromatic nitrogens is 2. The molecule has 0 unspecified atom stereocenters. The fraction of sp³-hybridized carbons (Fsp3) is 0.286. The van der Waals surface area contributed by atoms with Crippen LogP contribution in [-0.2, 0) is 27.0 Å². The zero-order chi connectivity index (χ0) is 22.9. The van der Waals surface area contributed by atoms with Crippen molar-refractivity contribution in [2.24, 2.45) is 0 Å². The molecule has 0 radical (unpaired) electrons. The van der Waals surface area contributed by atoms with Crippen molar-refractivity contribution in [1.29, 1.82) is 0 Å². The number of imidazole rings is 1. The van der Waals surface area contributed by atoms with E-state index in [-0.39, 0.29) is 11.0 Å². The fourth-order valence-corrected chi connectivity index (χ4v) is 3.23. The van der Waals surface area contributed by atoms with Crippen LogP contribution in [0.2, 0.25) is 0 Å². The second kappa shape index (κ2) is 8.40. The zero-order valence-corrected chi connectivity index (χ0v) is 16.8. The molecule has 0 saturated heterocycles. The van der Waals surface area contributed by atoms with E-state index < -0.39 is 36.5 Å². The van der Waals surface area contributed by atoms with Crippen LogP contribution >= 0.6 is 0 Å². The number of nitrogens with one attached hydrogen (secondary N) is 1. The van der Waals surface area contributed by atoms with Crippen molar-refractivity contribution in [3.63, 3.8) is 0 Å². The standard InChI is InChI=1S/C21H18F3N3O5/c1-12(19(29)25-13-6-7-16-17(10-13)31-9-8-30-16)32-18(28)11-27-15-5-3-2-4-14(15)26-20(27)21(22,23)24/h2-7,10,12H,8-9,11H2,1H3,(H,25,29)/t12-/m1/s1. The van der Waals surface area contributed by atoms with E-state index >= 15 is 0 Å². The number of esters is 1. The molecule has 2 aromatic carbocycles. The molecule has 1 amide bonds. The van der Waals surface area contributed by atoms with E-state index in [1.807, 2.05) is 0 Å². The normalized spacial score (nSPS) is 14.1. The lowest BCUT2D eigenvalue weighted by molar-refractivity contribution is -0.156. The number of amides is 1. The molecule has 0 saturated carbocycles. The van der Waals surface area contributed by atoms with E-state index in [0.717, 1.165) is 4.57 Å².